The van der Waals surface area contributed by atoms with Gasteiger partial charge in [-0.05, 0) is 36.0 Å². The lowest BCUT2D eigenvalue weighted by atomic mass is 10.2. The fourth-order valence-electron chi connectivity index (χ4n) is 1.74. The molecule has 1 saturated heterocycles. The van der Waals surface area contributed by atoms with Gasteiger partial charge in [0.05, 0.1) is 17.2 Å². The maximum Gasteiger partial charge on any atom is 0.325 e. The number of thiocarbonyl (C=S) groups is 1. The molecule has 0 spiro atoms. The van der Waals surface area contributed by atoms with Gasteiger partial charge in [0.1, 0.15) is 12.2 Å². The molecule has 2 N–H and O–H groups in total. The van der Waals surface area contributed by atoms with Crippen molar-refractivity contribution in [1.29, 1.82) is 0 Å². The van der Waals surface area contributed by atoms with Gasteiger partial charge in [0, 0.05) is 0 Å². The standard InChI is InChI=1S/C13H10Cl2N2O4S/c1-21-10(18)5-17-12(20)9(16-13(17)22)4-6-2-7(14)11(19)8(15)3-6/h2-4,19H,5H2,1H3,(H,16,22)/b9-4-. The second-order valence-corrected chi connectivity index (χ2v) is 5.49. The first-order valence-electron chi connectivity index (χ1n) is 5.93. The van der Waals surface area contributed by atoms with Crippen LogP contribution in [0, 0.1) is 0 Å². The summed E-state index contributed by atoms with van der Waals surface area (Å²) in [6.07, 6.45) is 1.46. The summed E-state index contributed by atoms with van der Waals surface area (Å²) in [5, 5.41) is 12.4. The second-order valence-electron chi connectivity index (χ2n) is 4.29. The van der Waals surface area contributed by atoms with Crippen molar-refractivity contribution in [2.24, 2.45) is 0 Å². The highest BCUT2D eigenvalue weighted by Gasteiger charge is 2.32. The Balaban J connectivity index is 2.28. The van der Waals surface area contributed by atoms with Crippen LogP contribution in [0.1, 0.15) is 5.56 Å². The smallest absolute Gasteiger partial charge is 0.325 e. The molecule has 2 rings (SSSR count). The zero-order valence-electron chi connectivity index (χ0n) is 11.2. The minimum atomic E-state index is -0.588. The number of phenols is 1. The molecule has 0 unspecified atom stereocenters. The van der Waals surface area contributed by atoms with Crippen molar-refractivity contribution in [2.75, 3.05) is 13.7 Å². The first-order valence-corrected chi connectivity index (χ1v) is 7.09. The van der Waals surface area contributed by atoms with Gasteiger partial charge in [0.2, 0.25) is 0 Å². The monoisotopic (exact) mass is 360 g/mol. The highest BCUT2D eigenvalue weighted by atomic mass is 35.5. The van der Waals surface area contributed by atoms with Gasteiger partial charge in [-0.25, -0.2) is 0 Å². The number of aromatic hydroxyl groups is 1. The first kappa shape index (κ1) is 16.5. The van der Waals surface area contributed by atoms with Crippen LogP contribution >= 0.6 is 35.4 Å². The number of methoxy groups -OCH3 is 1. The normalized spacial score (nSPS) is 16.1. The zero-order valence-corrected chi connectivity index (χ0v) is 13.6. The van der Waals surface area contributed by atoms with E-state index in [-0.39, 0.29) is 33.1 Å². The molecule has 1 aromatic rings. The van der Waals surface area contributed by atoms with Crippen molar-refractivity contribution in [3.63, 3.8) is 0 Å². The fraction of sp³-hybridized carbons (Fsp3) is 0.154. The van der Waals surface area contributed by atoms with Crippen LogP contribution in [0.25, 0.3) is 6.08 Å². The molecule has 1 aliphatic heterocycles. The van der Waals surface area contributed by atoms with Crippen molar-refractivity contribution in [2.45, 2.75) is 0 Å². The van der Waals surface area contributed by atoms with Crippen LogP contribution in [0.5, 0.6) is 5.75 Å². The summed E-state index contributed by atoms with van der Waals surface area (Å²) < 4.78 is 4.50. The Morgan fingerprint density at radius 2 is 2.05 bits per heavy atom. The molecule has 0 atom stereocenters. The maximum atomic E-state index is 12.2. The number of nitrogens with zero attached hydrogens (tertiary/aromatic N) is 1. The molecule has 0 bridgehead atoms. The quantitative estimate of drug-likeness (QED) is 0.487. The lowest BCUT2D eigenvalue weighted by Crippen LogP contribution is -2.35. The first-order chi connectivity index (χ1) is 10.3. The summed E-state index contributed by atoms with van der Waals surface area (Å²) in [5.41, 5.74) is 0.651. The average Bonchev–Trinajstić information content (AvgIpc) is 2.72. The lowest BCUT2D eigenvalue weighted by molar-refractivity contribution is -0.143. The SMILES string of the molecule is COC(=O)CN1C(=O)/C(=C/c2cc(Cl)c(O)c(Cl)c2)NC1=S. The summed E-state index contributed by atoms with van der Waals surface area (Å²) in [5.74, 6) is -1.30. The van der Waals surface area contributed by atoms with E-state index in [0.29, 0.717) is 5.56 Å². The molecule has 1 aliphatic rings. The molecule has 1 heterocycles. The number of hydrogen-bond acceptors (Lipinski definition) is 5. The summed E-state index contributed by atoms with van der Waals surface area (Å²) in [6, 6.07) is 2.88. The number of carbonyl (C=O) groups excluding carboxylic acids is 2. The molecular weight excluding hydrogens is 351 g/mol. The number of carbonyl (C=O) groups is 2. The number of amides is 1. The molecule has 6 nitrogen and oxygen atoms in total. The Labute approximate surface area is 141 Å². The van der Waals surface area contributed by atoms with Gasteiger partial charge >= 0.3 is 5.97 Å². The summed E-state index contributed by atoms with van der Waals surface area (Å²) in [6.45, 7) is -0.282. The molecule has 116 valence electrons. The number of phenolic OH excluding ortho intramolecular Hbond substituents is 1. The van der Waals surface area contributed by atoms with Crippen LogP contribution in [0.4, 0.5) is 0 Å². The Morgan fingerprint density at radius 3 is 2.59 bits per heavy atom. The van der Waals surface area contributed by atoms with Crippen molar-refractivity contribution in [3.05, 3.63) is 33.4 Å². The van der Waals surface area contributed by atoms with E-state index >= 15 is 0 Å². The number of rotatable bonds is 3. The van der Waals surface area contributed by atoms with Crippen LogP contribution in [-0.2, 0) is 14.3 Å². The van der Waals surface area contributed by atoms with Crippen molar-refractivity contribution >= 4 is 58.5 Å². The van der Waals surface area contributed by atoms with Gasteiger partial charge < -0.3 is 15.2 Å². The third kappa shape index (κ3) is 3.32. The van der Waals surface area contributed by atoms with E-state index in [1.807, 2.05) is 0 Å². The maximum absolute atomic E-state index is 12.2. The van der Waals surface area contributed by atoms with Crippen molar-refractivity contribution in [3.8, 4) is 5.75 Å². The Bertz CT molecular complexity index is 682. The highest BCUT2D eigenvalue weighted by Crippen LogP contribution is 2.33. The minimum absolute atomic E-state index is 0.0544. The number of ether oxygens (including phenoxy) is 1. The molecule has 1 fully saturated rings. The van der Waals surface area contributed by atoms with E-state index in [1.165, 1.54) is 25.3 Å². The Morgan fingerprint density at radius 1 is 1.45 bits per heavy atom. The van der Waals surface area contributed by atoms with E-state index in [9.17, 15) is 14.7 Å². The minimum Gasteiger partial charge on any atom is -0.505 e. The second kappa shape index (κ2) is 6.51. The van der Waals surface area contributed by atoms with E-state index in [4.69, 9.17) is 35.4 Å². The van der Waals surface area contributed by atoms with Crippen LogP contribution in [0.15, 0.2) is 17.8 Å². The summed E-state index contributed by atoms with van der Waals surface area (Å²) in [7, 11) is 1.22. The molecule has 1 amide bonds. The summed E-state index contributed by atoms with van der Waals surface area (Å²) >= 11 is 16.6. The van der Waals surface area contributed by atoms with Crippen LogP contribution in [-0.4, -0.2) is 40.6 Å². The molecule has 0 saturated carbocycles. The van der Waals surface area contributed by atoms with E-state index in [0.717, 1.165) is 4.90 Å². The predicted octanol–water partition coefficient (Wildman–Crippen LogP) is 1.93. The fourth-order valence-corrected chi connectivity index (χ4v) is 2.51. The molecule has 0 aliphatic carbocycles. The number of nitrogens with one attached hydrogen (secondary N) is 1. The van der Waals surface area contributed by atoms with Gasteiger partial charge in [-0.2, -0.15) is 0 Å². The van der Waals surface area contributed by atoms with Crippen LogP contribution < -0.4 is 5.32 Å². The Kier molecular flexibility index (Phi) is 4.90. The molecular formula is C13H10Cl2N2O4S. The van der Waals surface area contributed by atoms with E-state index in [2.05, 4.69) is 10.1 Å². The van der Waals surface area contributed by atoms with Gasteiger partial charge in [-0.15, -0.1) is 0 Å². The highest BCUT2D eigenvalue weighted by molar-refractivity contribution is 7.80. The van der Waals surface area contributed by atoms with Gasteiger partial charge in [0.25, 0.3) is 5.91 Å². The van der Waals surface area contributed by atoms with Gasteiger partial charge in [-0.1, -0.05) is 23.2 Å². The Hall–Kier alpha value is -1.83. The average molecular weight is 361 g/mol. The third-order valence-corrected chi connectivity index (χ3v) is 3.73. The number of esters is 1. The molecule has 0 radical (unpaired) electrons. The number of hydrogen-bond donors (Lipinski definition) is 2. The molecule has 22 heavy (non-hydrogen) atoms. The van der Waals surface area contributed by atoms with Crippen LogP contribution in [0.2, 0.25) is 10.0 Å². The van der Waals surface area contributed by atoms with E-state index in [1.54, 1.807) is 0 Å². The molecule has 0 aromatic heterocycles. The van der Waals surface area contributed by atoms with Gasteiger partial charge in [0.15, 0.2) is 10.9 Å². The molecule has 1 aromatic carbocycles. The van der Waals surface area contributed by atoms with Crippen LogP contribution in [0.3, 0.4) is 0 Å². The summed E-state index contributed by atoms with van der Waals surface area (Å²) in [4.78, 5) is 24.5. The van der Waals surface area contributed by atoms with E-state index < -0.39 is 11.9 Å². The van der Waals surface area contributed by atoms with Crippen molar-refractivity contribution in [1.82, 2.24) is 10.2 Å². The largest absolute Gasteiger partial charge is 0.505 e. The number of benzene rings is 1. The molecule has 9 heteroatoms. The predicted molar refractivity (Wildman–Crippen MR) is 85.6 cm³/mol. The van der Waals surface area contributed by atoms with Gasteiger partial charge in [-0.3, -0.25) is 14.5 Å². The van der Waals surface area contributed by atoms with Crippen molar-refractivity contribution < 1.29 is 19.4 Å². The zero-order chi connectivity index (χ0) is 16.4. The lowest BCUT2D eigenvalue weighted by Gasteiger charge is -2.11. The topological polar surface area (TPSA) is 78.9 Å². The number of halogens is 2. The third-order valence-electron chi connectivity index (χ3n) is 2.83.